The average molecular weight is 258 g/mol. The van der Waals surface area contributed by atoms with Crippen molar-refractivity contribution in [2.45, 2.75) is 32.0 Å². The fourth-order valence-electron chi connectivity index (χ4n) is 2.61. The summed E-state index contributed by atoms with van der Waals surface area (Å²) < 4.78 is 8.07. The second-order valence-electron chi connectivity index (χ2n) is 4.68. The van der Waals surface area contributed by atoms with Gasteiger partial charge in [-0.3, -0.25) is 5.84 Å². The number of aromatic nitrogens is 2. The van der Waals surface area contributed by atoms with Gasteiger partial charge in [0, 0.05) is 25.4 Å². The van der Waals surface area contributed by atoms with Gasteiger partial charge in [0.25, 0.3) is 0 Å². The van der Waals surface area contributed by atoms with Gasteiger partial charge in [0.1, 0.15) is 23.7 Å². The maximum Gasteiger partial charge on any atom is 0.131 e. The summed E-state index contributed by atoms with van der Waals surface area (Å²) >= 11 is 0. The van der Waals surface area contributed by atoms with Crippen LogP contribution in [0.5, 0.6) is 5.75 Å². The number of nitrogens with zero attached hydrogens (tertiary/aromatic N) is 2. The predicted octanol–water partition coefficient (Wildman–Crippen LogP) is 1.41. The highest BCUT2D eigenvalue weighted by Crippen LogP contribution is 2.33. The molecule has 5 nitrogen and oxygen atoms in total. The lowest BCUT2D eigenvalue weighted by molar-refractivity contribution is 0.172. The minimum absolute atomic E-state index is 0.0184. The summed E-state index contributed by atoms with van der Waals surface area (Å²) in [4.78, 5) is 4.41. The molecule has 2 unspecified atom stereocenters. The molecule has 0 spiro atoms. The smallest absolute Gasteiger partial charge is 0.131 e. The third kappa shape index (κ3) is 2.11. The number of nitrogens with two attached hydrogens (primary N) is 1. The van der Waals surface area contributed by atoms with E-state index in [4.69, 9.17) is 10.6 Å². The second kappa shape index (κ2) is 5.03. The highest BCUT2D eigenvalue weighted by molar-refractivity contribution is 5.38. The van der Waals surface area contributed by atoms with Gasteiger partial charge in [0.2, 0.25) is 0 Å². The number of rotatable bonds is 4. The average Bonchev–Trinajstić information content (AvgIpc) is 3.05. The van der Waals surface area contributed by atoms with Crippen molar-refractivity contribution in [1.29, 1.82) is 0 Å². The standard InChI is InChI=1S/C14H18N4O/c1-2-18-8-7-16-14(18)13(17-15)12-9-10-5-3-4-6-11(10)19-12/h3-8,12-13,17H,2,9,15H2,1H3. The first kappa shape index (κ1) is 12.2. The molecule has 0 bridgehead atoms. The molecule has 2 atom stereocenters. The number of hydrogen-bond donors (Lipinski definition) is 2. The summed E-state index contributed by atoms with van der Waals surface area (Å²) in [5.74, 6) is 7.58. The summed E-state index contributed by atoms with van der Waals surface area (Å²) in [6.45, 7) is 2.95. The Balaban J connectivity index is 1.86. The van der Waals surface area contributed by atoms with Gasteiger partial charge >= 0.3 is 0 Å². The van der Waals surface area contributed by atoms with Gasteiger partial charge in [-0.1, -0.05) is 18.2 Å². The largest absolute Gasteiger partial charge is 0.488 e. The monoisotopic (exact) mass is 258 g/mol. The van der Waals surface area contributed by atoms with E-state index in [1.54, 1.807) is 6.20 Å². The van der Waals surface area contributed by atoms with E-state index in [-0.39, 0.29) is 12.1 Å². The number of ether oxygens (including phenoxy) is 1. The van der Waals surface area contributed by atoms with Crippen molar-refractivity contribution < 1.29 is 4.74 Å². The van der Waals surface area contributed by atoms with E-state index in [2.05, 4.69) is 28.0 Å². The molecule has 100 valence electrons. The quantitative estimate of drug-likeness (QED) is 0.643. The van der Waals surface area contributed by atoms with Gasteiger partial charge in [0.15, 0.2) is 0 Å². The first-order valence-corrected chi connectivity index (χ1v) is 6.55. The van der Waals surface area contributed by atoms with Crippen LogP contribution in [0.2, 0.25) is 0 Å². The Hall–Kier alpha value is -1.85. The van der Waals surface area contributed by atoms with Crippen LogP contribution in [0.4, 0.5) is 0 Å². The van der Waals surface area contributed by atoms with E-state index in [1.165, 1.54) is 5.56 Å². The Kier molecular flexibility index (Phi) is 3.23. The van der Waals surface area contributed by atoms with Crippen molar-refractivity contribution in [2.75, 3.05) is 0 Å². The zero-order valence-corrected chi connectivity index (χ0v) is 10.9. The van der Waals surface area contributed by atoms with E-state index in [0.29, 0.717) is 0 Å². The Morgan fingerprint density at radius 2 is 2.37 bits per heavy atom. The molecule has 0 radical (unpaired) electrons. The number of para-hydroxylation sites is 1. The lowest BCUT2D eigenvalue weighted by Crippen LogP contribution is -2.40. The van der Waals surface area contributed by atoms with E-state index >= 15 is 0 Å². The maximum atomic E-state index is 5.99. The highest BCUT2D eigenvalue weighted by Gasteiger charge is 2.32. The van der Waals surface area contributed by atoms with Crippen molar-refractivity contribution >= 4 is 0 Å². The van der Waals surface area contributed by atoms with Crippen molar-refractivity contribution in [2.24, 2.45) is 5.84 Å². The van der Waals surface area contributed by atoms with E-state index in [1.807, 2.05) is 24.4 Å². The maximum absolute atomic E-state index is 5.99. The molecule has 1 aliphatic rings. The molecule has 5 heteroatoms. The van der Waals surface area contributed by atoms with Crippen molar-refractivity contribution in [1.82, 2.24) is 15.0 Å². The van der Waals surface area contributed by atoms with Crippen LogP contribution in [0.25, 0.3) is 0 Å². The lowest BCUT2D eigenvalue weighted by Gasteiger charge is -2.22. The van der Waals surface area contributed by atoms with E-state index in [0.717, 1.165) is 24.5 Å². The summed E-state index contributed by atoms with van der Waals surface area (Å²) in [6.07, 6.45) is 4.59. The number of benzene rings is 1. The molecule has 3 N–H and O–H groups in total. The molecule has 0 saturated carbocycles. The van der Waals surface area contributed by atoms with Gasteiger partial charge < -0.3 is 9.30 Å². The number of nitrogens with one attached hydrogen (secondary N) is 1. The Bertz CT molecular complexity index is 541. The van der Waals surface area contributed by atoms with Gasteiger partial charge in [-0.15, -0.1) is 0 Å². The summed E-state index contributed by atoms with van der Waals surface area (Å²) in [7, 11) is 0. The van der Waals surface area contributed by atoms with Crippen LogP contribution in [0.15, 0.2) is 36.7 Å². The van der Waals surface area contributed by atoms with Crippen LogP contribution >= 0.6 is 0 Å². The first-order valence-electron chi connectivity index (χ1n) is 6.55. The third-order valence-corrected chi connectivity index (χ3v) is 3.59. The van der Waals surface area contributed by atoms with Crippen molar-refractivity contribution in [3.63, 3.8) is 0 Å². The molecule has 1 aromatic heterocycles. The molecule has 2 aromatic rings. The minimum atomic E-state index is -0.109. The van der Waals surface area contributed by atoms with Crippen molar-refractivity contribution in [3.05, 3.63) is 48.0 Å². The van der Waals surface area contributed by atoms with Crippen LogP contribution in [-0.4, -0.2) is 15.7 Å². The predicted molar refractivity (Wildman–Crippen MR) is 72.5 cm³/mol. The Morgan fingerprint density at radius 3 is 3.11 bits per heavy atom. The number of imidazole rings is 1. The zero-order chi connectivity index (χ0) is 13.2. The molecule has 0 fully saturated rings. The minimum Gasteiger partial charge on any atom is -0.488 e. The van der Waals surface area contributed by atoms with Gasteiger partial charge in [-0.2, -0.15) is 0 Å². The Labute approximate surface area is 112 Å². The fraction of sp³-hybridized carbons (Fsp3) is 0.357. The van der Waals surface area contributed by atoms with Crippen LogP contribution < -0.4 is 16.0 Å². The number of aryl methyl sites for hydroxylation is 1. The molecule has 2 heterocycles. The Morgan fingerprint density at radius 1 is 1.53 bits per heavy atom. The molecule has 1 aliphatic heterocycles. The summed E-state index contributed by atoms with van der Waals surface area (Å²) in [6, 6.07) is 7.99. The number of fused-ring (bicyclic) bond motifs is 1. The molecule has 0 amide bonds. The highest BCUT2D eigenvalue weighted by atomic mass is 16.5. The summed E-state index contributed by atoms with van der Waals surface area (Å²) in [5.41, 5.74) is 4.07. The molecule has 0 aliphatic carbocycles. The first-order chi connectivity index (χ1) is 9.33. The fourth-order valence-corrected chi connectivity index (χ4v) is 2.61. The SMILES string of the molecule is CCn1ccnc1C(NN)C1Cc2ccccc2O1. The molecule has 3 rings (SSSR count). The normalized spacial score (nSPS) is 18.9. The second-order valence-corrected chi connectivity index (χ2v) is 4.68. The van der Waals surface area contributed by atoms with Gasteiger partial charge in [0.05, 0.1) is 0 Å². The molecule has 1 aromatic carbocycles. The van der Waals surface area contributed by atoms with Crippen LogP contribution in [0, 0.1) is 0 Å². The molecule has 0 saturated heterocycles. The van der Waals surface area contributed by atoms with Crippen molar-refractivity contribution in [3.8, 4) is 5.75 Å². The molecular weight excluding hydrogens is 240 g/mol. The molecular formula is C14H18N4O. The van der Waals surface area contributed by atoms with Crippen LogP contribution in [0.1, 0.15) is 24.4 Å². The number of hydrazine groups is 1. The summed E-state index contributed by atoms with van der Waals surface area (Å²) in [5, 5.41) is 0. The number of hydrogen-bond acceptors (Lipinski definition) is 4. The van der Waals surface area contributed by atoms with Gasteiger partial charge in [-0.05, 0) is 18.6 Å². The topological polar surface area (TPSA) is 65.1 Å². The van der Waals surface area contributed by atoms with Crippen LogP contribution in [0.3, 0.4) is 0 Å². The molecule has 19 heavy (non-hydrogen) atoms. The van der Waals surface area contributed by atoms with E-state index < -0.39 is 0 Å². The zero-order valence-electron chi connectivity index (χ0n) is 10.9. The third-order valence-electron chi connectivity index (χ3n) is 3.59. The van der Waals surface area contributed by atoms with Gasteiger partial charge in [-0.25, -0.2) is 10.4 Å². The van der Waals surface area contributed by atoms with E-state index in [9.17, 15) is 0 Å². The lowest BCUT2D eigenvalue weighted by atomic mass is 10.0. The van der Waals surface area contributed by atoms with Crippen LogP contribution in [-0.2, 0) is 13.0 Å².